The van der Waals surface area contributed by atoms with Gasteiger partial charge in [-0.3, -0.25) is 4.79 Å². The average Bonchev–Trinajstić information content (AvgIpc) is 3.22. The van der Waals surface area contributed by atoms with Crippen LogP contribution in [0.25, 0.3) is 11.3 Å². The molecule has 1 fully saturated rings. The zero-order valence-corrected chi connectivity index (χ0v) is 17.9. The first kappa shape index (κ1) is 21.9. The Morgan fingerprint density at radius 3 is 2.22 bits per heavy atom. The fraction of sp³-hybridized carbons (Fsp3) is 0.333. The Morgan fingerprint density at radius 1 is 1.00 bits per heavy atom. The van der Waals surface area contributed by atoms with Crippen LogP contribution in [0.15, 0.2) is 47.0 Å². The van der Waals surface area contributed by atoms with Gasteiger partial charge in [-0.2, -0.15) is 13.2 Å². The molecule has 3 aromatic rings. The molecule has 5 nitrogen and oxygen atoms in total. The number of hydrogen-bond acceptors (Lipinski definition) is 4. The van der Waals surface area contributed by atoms with E-state index in [2.05, 4.69) is 10.5 Å². The molecule has 0 saturated carbocycles. The quantitative estimate of drug-likeness (QED) is 0.520. The number of benzene rings is 2. The molecule has 1 aliphatic rings. The van der Waals surface area contributed by atoms with E-state index in [0.29, 0.717) is 17.1 Å². The van der Waals surface area contributed by atoms with Gasteiger partial charge in [0.1, 0.15) is 11.3 Å². The van der Waals surface area contributed by atoms with Crippen molar-refractivity contribution < 1.29 is 22.5 Å². The van der Waals surface area contributed by atoms with Crippen LogP contribution in [-0.4, -0.2) is 24.2 Å². The first-order chi connectivity index (χ1) is 15.3. The molecule has 1 N–H and O–H groups in total. The van der Waals surface area contributed by atoms with Gasteiger partial charge in [0.25, 0.3) is 5.91 Å². The summed E-state index contributed by atoms with van der Waals surface area (Å²) in [5.74, 6) is -0.0533. The summed E-state index contributed by atoms with van der Waals surface area (Å²) >= 11 is 0. The van der Waals surface area contributed by atoms with Crippen LogP contribution in [0.3, 0.4) is 0 Å². The molecule has 0 spiro atoms. The summed E-state index contributed by atoms with van der Waals surface area (Å²) < 4.78 is 44.6. The van der Waals surface area contributed by atoms with E-state index < -0.39 is 17.6 Å². The summed E-state index contributed by atoms with van der Waals surface area (Å²) in [4.78, 5) is 15.4. The number of anilines is 2. The molecule has 0 bridgehead atoms. The van der Waals surface area contributed by atoms with Gasteiger partial charge < -0.3 is 14.7 Å². The third-order valence-electron chi connectivity index (χ3n) is 5.75. The molecular formula is C24H24F3N3O2. The monoisotopic (exact) mass is 443 g/mol. The van der Waals surface area contributed by atoms with Gasteiger partial charge in [0, 0.05) is 24.3 Å². The zero-order chi connectivity index (χ0) is 22.9. The first-order valence-electron chi connectivity index (χ1n) is 10.6. The highest BCUT2D eigenvalue weighted by Crippen LogP contribution is 2.36. The number of hydrogen-bond donors (Lipinski definition) is 1. The lowest BCUT2D eigenvalue weighted by Crippen LogP contribution is -2.31. The standard InChI is InChI=1S/C24H24F3N3O2/c1-15-7-6-8-16(2)20(15)28-22(31)19-21(17-9-11-18(12-10-17)24(25,26)27)29-32-23(19)30-13-4-3-5-14-30/h6-12H,3-5,13-14H2,1-2H3,(H,28,31). The maximum Gasteiger partial charge on any atom is 0.416 e. The number of carbonyl (C=O) groups excluding carboxylic acids is 1. The third-order valence-corrected chi connectivity index (χ3v) is 5.75. The highest BCUT2D eigenvalue weighted by atomic mass is 19.4. The van der Waals surface area contributed by atoms with E-state index in [1.165, 1.54) is 12.1 Å². The molecule has 32 heavy (non-hydrogen) atoms. The van der Waals surface area contributed by atoms with Gasteiger partial charge in [-0.15, -0.1) is 0 Å². The van der Waals surface area contributed by atoms with Crippen molar-refractivity contribution >= 4 is 17.5 Å². The Hall–Kier alpha value is -3.29. The highest BCUT2D eigenvalue weighted by molar-refractivity contribution is 6.11. The minimum absolute atomic E-state index is 0.225. The average molecular weight is 443 g/mol. The van der Waals surface area contributed by atoms with Crippen LogP contribution in [0.1, 0.15) is 46.3 Å². The summed E-state index contributed by atoms with van der Waals surface area (Å²) in [5, 5.41) is 7.06. The van der Waals surface area contributed by atoms with Crippen LogP contribution < -0.4 is 10.2 Å². The van der Waals surface area contributed by atoms with E-state index in [0.717, 1.165) is 55.6 Å². The maximum atomic E-state index is 13.4. The number of carbonyl (C=O) groups is 1. The largest absolute Gasteiger partial charge is 0.416 e. The van der Waals surface area contributed by atoms with Crippen molar-refractivity contribution in [1.29, 1.82) is 0 Å². The number of alkyl halides is 3. The Morgan fingerprint density at radius 2 is 1.62 bits per heavy atom. The Bertz CT molecular complexity index is 1090. The number of para-hydroxylation sites is 1. The van der Waals surface area contributed by atoms with Crippen molar-refractivity contribution in [2.45, 2.75) is 39.3 Å². The van der Waals surface area contributed by atoms with E-state index in [9.17, 15) is 18.0 Å². The van der Waals surface area contributed by atoms with Crippen molar-refractivity contribution in [3.8, 4) is 11.3 Å². The van der Waals surface area contributed by atoms with Crippen LogP contribution in [0.5, 0.6) is 0 Å². The molecule has 1 amide bonds. The molecule has 1 aromatic heterocycles. The Labute approximate surface area is 184 Å². The van der Waals surface area contributed by atoms with Crippen LogP contribution >= 0.6 is 0 Å². The van der Waals surface area contributed by atoms with Crippen LogP contribution in [0.4, 0.5) is 24.7 Å². The second kappa shape index (κ2) is 8.68. The predicted octanol–water partition coefficient (Wildman–Crippen LogP) is 6.22. The molecule has 0 unspecified atom stereocenters. The number of aromatic nitrogens is 1. The topological polar surface area (TPSA) is 58.4 Å². The lowest BCUT2D eigenvalue weighted by molar-refractivity contribution is -0.137. The summed E-state index contributed by atoms with van der Waals surface area (Å²) in [6, 6.07) is 10.3. The van der Waals surface area contributed by atoms with Crippen molar-refractivity contribution in [2.75, 3.05) is 23.3 Å². The van der Waals surface area contributed by atoms with Crippen molar-refractivity contribution in [1.82, 2.24) is 5.16 Å². The van der Waals surface area contributed by atoms with E-state index >= 15 is 0 Å². The minimum atomic E-state index is -4.44. The van der Waals surface area contributed by atoms with E-state index in [4.69, 9.17) is 4.52 Å². The molecule has 168 valence electrons. The molecule has 8 heteroatoms. The Kier molecular flexibility index (Phi) is 5.95. The van der Waals surface area contributed by atoms with Crippen molar-refractivity contribution in [2.24, 2.45) is 0 Å². The zero-order valence-electron chi connectivity index (χ0n) is 17.9. The molecule has 2 aromatic carbocycles. The van der Waals surface area contributed by atoms with Gasteiger partial charge in [-0.1, -0.05) is 35.5 Å². The number of nitrogens with zero attached hydrogens (tertiary/aromatic N) is 2. The number of piperidine rings is 1. The third kappa shape index (κ3) is 4.35. The van der Waals surface area contributed by atoms with Gasteiger partial charge in [0.2, 0.25) is 5.88 Å². The number of aryl methyl sites for hydroxylation is 2. The van der Waals surface area contributed by atoms with Crippen LogP contribution in [-0.2, 0) is 6.18 Å². The number of nitrogens with one attached hydrogen (secondary N) is 1. The predicted molar refractivity (Wildman–Crippen MR) is 117 cm³/mol. The fourth-order valence-corrected chi connectivity index (χ4v) is 4.00. The van der Waals surface area contributed by atoms with Crippen molar-refractivity contribution in [3.63, 3.8) is 0 Å². The summed E-state index contributed by atoms with van der Waals surface area (Å²) in [7, 11) is 0. The molecule has 4 rings (SSSR count). The number of rotatable bonds is 4. The lowest BCUT2D eigenvalue weighted by Gasteiger charge is -2.26. The minimum Gasteiger partial charge on any atom is -0.340 e. The number of halogens is 3. The van der Waals surface area contributed by atoms with Gasteiger partial charge in [0.15, 0.2) is 0 Å². The Balaban J connectivity index is 1.76. The van der Waals surface area contributed by atoms with Crippen LogP contribution in [0.2, 0.25) is 0 Å². The smallest absolute Gasteiger partial charge is 0.340 e. The SMILES string of the molecule is Cc1cccc(C)c1NC(=O)c1c(-c2ccc(C(F)(F)F)cc2)noc1N1CCCCC1. The van der Waals surface area contributed by atoms with E-state index in [1.54, 1.807) is 0 Å². The second-order valence-electron chi connectivity index (χ2n) is 8.06. The molecule has 1 saturated heterocycles. The maximum absolute atomic E-state index is 13.4. The molecule has 0 radical (unpaired) electrons. The summed E-state index contributed by atoms with van der Waals surface area (Å²) in [6.45, 7) is 5.26. The van der Waals surface area contributed by atoms with Gasteiger partial charge in [0.05, 0.1) is 5.56 Å². The first-order valence-corrected chi connectivity index (χ1v) is 10.6. The summed E-state index contributed by atoms with van der Waals surface area (Å²) in [6.07, 6.45) is -1.41. The molecule has 0 aliphatic carbocycles. The van der Waals surface area contributed by atoms with E-state index in [1.807, 2.05) is 36.9 Å². The van der Waals surface area contributed by atoms with Gasteiger partial charge in [-0.05, 0) is 56.4 Å². The molecule has 0 atom stereocenters. The highest BCUT2D eigenvalue weighted by Gasteiger charge is 2.32. The normalized spacial score (nSPS) is 14.5. The number of amides is 1. The van der Waals surface area contributed by atoms with Crippen molar-refractivity contribution in [3.05, 3.63) is 64.7 Å². The van der Waals surface area contributed by atoms with Crippen LogP contribution in [0, 0.1) is 13.8 Å². The molecule has 2 heterocycles. The second-order valence-corrected chi connectivity index (χ2v) is 8.06. The molecular weight excluding hydrogens is 419 g/mol. The lowest BCUT2D eigenvalue weighted by atomic mass is 10.0. The molecule has 1 aliphatic heterocycles. The van der Waals surface area contributed by atoms with Gasteiger partial charge >= 0.3 is 6.18 Å². The summed E-state index contributed by atoms with van der Waals surface area (Å²) in [5.41, 5.74) is 2.59. The van der Waals surface area contributed by atoms with Gasteiger partial charge in [-0.25, -0.2) is 0 Å². The fourth-order valence-electron chi connectivity index (χ4n) is 4.00. The van der Waals surface area contributed by atoms with E-state index in [-0.39, 0.29) is 11.3 Å².